The zero-order chi connectivity index (χ0) is 11.7. The van der Waals surface area contributed by atoms with E-state index in [0.29, 0.717) is 0 Å². The molecule has 1 saturated heterocycles. The molecule has 3 rings (SSSR count). The first kappa shape index (κ1) is 13.3. The molecule has 18 heavy (non-hydrogen) atoms. The number of aromatic amines is 1. The zero-order valence-corrected chi connectivity index (χ0v) is 11.2. The maximum absolute atomic E-state index is 11.9. The molecule has 1 aliphatic heterocycles. The lowest BCUT2D eigenvalue weighted by molar-refractivity contribution is -0.117. The third-order valence-electron chi connectivity index (χ3n) is 2.85. The Hall–Kier alpha value is -1.17. The summed E-state index contributed by atoms with van der Waals surface area (Å²) in [7, 11) is 0. The fraction of sp³-hybridized carbons (Fsp3) is 0.250. The van der Waals surface area contributed by atoms with Gasteiger partial charge in [0, 0.05) is 34.4 Å². The Morgan fingerprint density at radius 1 is 1.39 bits per heavy atom. The van der Waals surface area contributed by atoms with Crippen LogP contribution < -0.4 is 10.6 Å². The standard InChI is InChI=1S/C12H13N3OS.ClH/c16-12(11-6-17-7-14-11)15-9-1-2-10-8(5-9)3-4-13-10;/h1-5,11,13-14H,6-7H2,(H,15,16);1H. The van der Waals surface area contributed by atoms with Crippen molar-refractivity contribution in [3.8, 4) is 0 Å². The number of amides is 1. The second kappa shape index (κ2) is 5.65. The van der Waals surface area contributed by atoms with Crippen LogP contribution in [0, 0.1) is 0 Å². The van der Waals surface area contributed by atoms with Crippen molar-refractivity contribution in [2.75, 3.05) is 16.9 Å². The van der Waals surface area contributed by atoms with Gasteiger partial charge in [-0.15, -0.1) is 24.2 Å². The van der Waals surface area contributed by atoms with Gasteiger partial charge in [-0.25, -0.2) is 0 Å². The Kier molecular flexibility index (Phi) is 4.16. The molecular formula is C12H14ClN3OS. The quantitative estimate of drug-likeness (QED) is 0.792. The first-order chi connectivity index (χ1) is 8.33. The molecule has 2 aromatic rings. The number of fused-ring (bicyclic) bond motifs is 1. The molecule has 1 unspecified atom stereocenters. The number of carbonyl (C=O) groups excluding carboxylic acids is 1. The molecule has 6 heteroatoms. The van der Waals surface area contributed by atoms with Crippen molar-refractivity contribution in [1.82, 2.24) is 10.3 Å². The van der Waals surface area contributed by atoms with Gasteiger partial charge >= 0.3 is 0 Å². The minimum atomic E-state index is -0.0677. The van der Waals surface area contributed by atoms with Crippen molar-refractivity contribution in [3.05, 3.63) is 30.5 Å². The van der Waals surface area contributed by atoms with Crippen LogP contribution in [0.25, 0.3) is 10.9 Å². The van der Waals surface area contributed by atoms with Gasteiger partial charge in [-0.1, -0.05) is 0 Å². The normalized spacial score (nSPS) is 18.6. The number of nitrogens with one attached hydrogen (secondary N) is 3. The lowest BCUT2D eigenvalue weighted by Crippen LogP contribution is -2.37. The van der Waals surface area contributed by atoms with E-state index in [2.05, 4.69) is 15.6 Å². The predicted octanol–water partition coefficient (Wildman–Crippen LogP) is 2.19. The van der Waals surface area contributed by atoms with Gasteiger partial charge in [-0.3, -0.25) is 10.1 Å². The molecule has 3 N–H and O–H groups in total. The van der Waals surface area contributed by atoms with Crippen molar-refractivity contribution in [2.45, 2.75) is 6.04 Å². The van der Waals surface area contributed by atoms with Crippen molar-refractivity contribution in [3.63, 3.8) is 0 Å². The minimum absolute atomic E-state index is 0. The zero-order valence-electron chi connectivity index (χ0n) is 9.60. The highest BCUT2D eigenvalue weighted by Gasteiger charge is 2.22. The van der Waals surface area contributed by atoms with E-state index in [1.54, 1.807) is 11.8 Å². The third kappa shape index (κ3) is 2.63. The van der Waals surface area contributed by atoms with Gasteiger partial charge in [-0.2, -0.15) is 0 Å². The summed E-state index contributed by atoms with van der Waals surface area (Å²) in [4.78, 5) is 15.0. The van der Waals surface area contributed by atoms with Gasteiger partial charge in [-0.05, 0) is 24.3 Å². The van der Waals surface area contributed by atoms with Crippen LogP contribution in [0.2, 0.25) is 0 Å². The lowest BCUT2D eigenvalue weighted by Gasteiger charge is -2.10. The van der Waals surface area contributed by atoms with Crippen molar-refractivity contribution < 1.29 is 4.79 Å². The molecule has 0 bridgehead atoms. The summed E-state index contributed by atoms with van der Waals surface area (Å²) in [6.45, 7) is 0. The largest absolute Gasteiger partial charge is 0.361 e. The fourth-order valence-electron chi connectivity index (χ4n) is 1.92. The number of anilines is 1. The molecule has 1 aliphatic rings. The monoisotopic (exact) mass is 283 g/mol. The summed E-state index contributed by atoms with van der Waals surface area (Å²) in [6.07, 6.45) is 1.89. The molecule has 1 aromatic heterocycles. The van der Waals surface area contributed by atoms with Gasteiger partial charge in [0.1, 0.15) is 0 Å². The highest BCUT2D eigenvalue weighted by atomic mass is 35.5. The third-order valence-corrected chi connectivity index (χ3v) is 3.79. The van der Waals surface area contributed by atoms with Crippen LogP contribution in [-0.2, 0) is 4.79 Å². The highest BCUT2D eigenvalue weighted by Crippen LogP contribution is 2.18. The van der Waals surface area contributed by atoms with Crippen molar-refractivity contribution >= 4 is 46.7 Å². The van der Waals surface area contributed by atoms with E-state index in [1.807, 2.05) is 30.5 Å². The Bertz CT molecular complexity index is 551. The van der Waals surface area contributed by atoms with E-state index >= 15 is 0 Å². The molecule has 0 saturated carbocycles. The topological polar surface area (TPSA) is 56.9 Å². The lowest BCUT2D eigenvalue weighted by atomic mass is 10.2. The van der Waals surface area contributed by atoms with Gasteiger partial charge in [0.2, 0.25) is 5.91 Å². The number of thioether (sulfide) groups is 1. The van der Waals surface area contributed by atoms with Crippen LogP contribution >= 0.6 is 24.2 Å². The Balaban J connectivity index is 0.00000120. The number of benzene rings is 1. The first-order valence-electron chi connectivity index (χ1n) is 5.52. The number of halogens is 1. The van der Waals surface area contributed by atoms with Crippen LogP contribution in [0.15, 0.2) is 30.5 Å². The molecule has 0 aliphatic carbocycles. The van der Waals surface area contributed by atoms with E-state index in [0.717, 1.165) is 28.2 Å². The average Bonchev–Trinajstić information content (AvgIpc) is 2.99. The van der Waals surface area contributed by atoms with Gasteiger partial charge in [0.25, 0.3) is 0 Å². The number of aromatic nitrogens is 1. The van der Waals surface area contributed by atoms with Crippen LogP contribution in [0.4, 0.5) is 5.69 Å². The minimum Gasteiger partial charge on any atom is -0.361 e. The molecule has 1 amide bonds. The molecule has 1 fully saturated rings. The Labute approximate surface area is 115 Å². The molecule has 0 spiro atoms. The highest BCUT2D eigenvalue weighted by molar-refractivity contribution is 7.99. The van der Waals surface area contributed by atoms with E-state index < -0.39 is 0 Å². The number of hydrogen-bond donors (Lipinski definition) is 3. The van der Waals surface area contributed by atoms with E-state index in [1.165, 1.54) is 0 Å². The van der Waals surface area contributed by atoms with Crippen LogP contribution in [0.1, 0.15) is 0 Å². The summed E-state index contributed by atoms with van der Waals surface area (Å²) in [6, 6.07) is 7.79. The van der Waals surface area contributed by atoms with E-state index in [-0.39, 0.29) is 24.4 Å². The van der Waals surface area contributed by atoms with Crippen molar-refractivity contribution in [2.24, 2.45) is 0 Å². The summed E-state index contributed by atoms with van der Waals surface area (Å²) in [5.41, 5.74) is 1.93. The second-order valence-electron chi connectivity index (χ2n) is 4.04. The number of hydrogen-bond acceptors (Lipinski definition) is 3. The molecule has 1 atom stereocenters. The Morgan fingerprint density at radius 2 is 2.28 bits per heavy atom. The summed E-state index contributed by atoms with van der Waals surface area (Å²) < 4.78 is 0. The molecule has 4 nitrogen and oxygen atoms in total. The van der Waals surface area contributed by atoms with Crippen molar-refractivity contribution in [1.29, 1.82) is 0 Å². The number of rotatable bonds is 2. The van der Waals surface area contributed by atoms with Crippen LogP contribution in [0.5, 0.6) is 0 Å². The number of H-pyrrole nitrogens is 1. The van der Waals surface area contributed by atoms with Crippen LogP contribution in [-0.4, -0.2) is 28.6 Å². The van der Waals surface area contributed by atoms with Crippen LogP contribution in [0.3, 0.4) is 0 Å². The molecule has 2 heterocycles. The SMILES string of the molecule is Cl.O=C(Nc1ccc2[nH]ccc2c1)C1CSCN1. The summed E-state index contributed by atoms with van der Waals surface area (Å²) in [5.74, 6) is 1.75. The molecule has 0 radical (unpaired) electrons. The predicted molar refractivity (Wildman–Crippen MR) is 78.4 cm³/mol. The Morgan fingerprint density at radius 3 is 3.06 bits per heavy atom. The van der Waals surface area contributed by atoms with Gasteiger partial charge < -0.3 is 10.3 Å². The average molecular weight is 284 g/mol. The second-order valence-corrected chi connectivity index (χ2v) is 5.07. The van der Waals surface area contributed by atoms with Gasteiger partial charge in [0.15, 0.2) is 0 Å². The maximum atomic E-state index is 11.9. The number of carbonyl (C=O) groups is 1. The van der Waals surface area contributed by atoms with E-state index in [4.69, 9.17) is 0 Å². The molecule has 96 valence electrons. The molecule has 1 aromatic carbocycles. The fourth-order valence-corrected chi connectivity index (χ4v) is 2.87. The van der Waals surface area contributed by atoms with E-state index in [9.17, 15) is 4.79 Å². The summed E-state index contributed by atoms with van der Waals surface area (Å²) >= 11 is 1.75. The summed E-state index contributed by atoms with van der Waals surface area (Å²) in [5, 5.41) is 7.20. The smallest absolute Gasteiger partial charge is 0.242 e. The first-order valence-corrected chi connectivity index (χ1v) is 6.67. The maximum Gasteiger partial charge on any atom is 0.242 e. The van der Waals surface area contributed by atoms with Gasteiger partial charge in [0.05, 0.1) is 6.04 Å². The molecular weight excluding hydrogens is 270 g/mol.